The summed E-state index contributed by atoms with van der Waals surface area (Å²) in [5.74, 6) is 1.66. The fourth-order valence-corrected chi connectivity index (χ4v) is 1.69. The van der Waals surface area contributed by atoms with Gasteiger partial charge in [-0.05, 0) is 26.0 Å². The largest absolute Gasteiger partial charge is 0.494 e. The predicted octanol–water partition coefficient (Wildman–Crippen LogP) is 2.56. The lowest BCUT2D eigenvalue weighted by Crippen LogP contribution is -2.12. The number of nitrogens with one attached hydrogen (secondary N) is 1. The van der Waals surface area contributed by atoms with Crippen molar-refractivity contribution < 1.29 is 18.9 Å². The van der Waals surface area contributed by atoms with E-state index in [1.807, 2.05) is 32.0 Å². The summed E-state index contributed by atoms with van der Waals surface area (Å²) >= 11 is 0. The molecule has 0 unspecified atom stereocenters. The van der Waals surface area contributed by atoms with Gasteiger partial charge in [-0.25, -0.2) is 0 Å². The second-order valence-corrected chi connectivity index (χ2v) is 4.06. The quantitative estimate of drug-likeness (QED) is 0.632. The van der Waals surface area contributed by atoms with Crippen LogP contribution in [0, 0.1) is 0 Å². The summed E-state index contributed by atoms with van der Waals surface area (Å²) in [4.78, 5) is 0. The smallest absolute Gasteiger partial charge is 0.142 e. The molecule has 0 aromatic heterocycles. The van der Waals surface area contributed by atoms with Gasteiger partial charge in [0.2, 0.25) is 0 Å². The molecule has 114 valence electrons. The molecule has 0 bridgehead atoms. The van der Waals surface area contributed by atoms with E-state index in [9.17, 15) is 0 Å². The number of anilines is 1. The molecule has 5 heteroatoms. The van der Waals surface area contributed by atoms with E-state index in [0.29, 0.717) is 39.6 Å². The maximum Gasteiger partial charge on any atom is 0.142 e. The third-order valence-electron chi connectivity index (χ3n) is 2.56. The highest BCUT2D eigenvalue weighted by Gasteiger charge is 2.05. The van der Waals surface area contributed by atoms with Crippen LogP contribution in [0.15, 0.2) is 18.2 Å². The summed E-state index contributed by atoms with van der Waals surface area (Å²) in [5.41, 5.74) is 0.924. The number of methoxy groups -OCH3 is 1. The molecule has 0 fully saturated rings. The third-order valence-corrected chi connectivity index (χ3v) is 2.56. The summed E-state index contributed by atoms with van der Waals surface area (Å²) in [6.45, 7) is 7.76. The summed E-state index contributed by atoms with van der Waals surface area (Å²) < 4.78 is 21.4. The molecular formula is C15H25NO4. The molecule has 5 nitrogen and oxygen atoms in total. The predicted molar refractivity (Wildman–Crippen MR) is 80.0 cm³/mol. The lowest BCUT2D eigenvalue weighted by Gasteiger charge is -2.14. The zero-order valence-electron chi connectivity index (χ0n) is 12.6. The minimum absolute atomic E-state index is 0.607. The Labute approximate surface area is 121 Å². The van der Waals surface area contributed by atoms with E-state index in [1.165, 1.54) is 0 Å². The van der Waals surface area contributed by atoms with Gasteiger partial charge in [-0.3, -0.25) is 0 Å². The van der Waals surface area contributed by atoms with Crippen molar-refractivity contribution in [1.29, 1.82) is 0 Å². The first-order chi connectivity index (χ1) is 9.81. The lowest BCUT2D eigenvalue weighted by atomic mass is 10.2. The van der Waals surface area contributed by atoms with Crippen molar-refractivity contribution in [2.24, 2.45) is 0 Å². The zero-order valence-corrected chi connectivity index (χ0v) is 12.6. The SMILES string of the molecule is CCOc1ccc(OCC)c(NCCOCCOC)c1. The molecule has 0 saturated heterocycles. The summed E-state index contributed by atoms with van der Waals surface area (Å²) in [6, 6.07) is 5.78. The highest BCUT2D eigenvalue weighted by atomic mass is 16.5. The fraction of sp³-hybridized carbons (Fsp3) is 0.600. The minimum Gasteiger partial charge on any atom is -0.494 e. The number of rotatable bonds is 11. The van der Waals surface area contributed by atoms with Crippen LogP contribution in [-0.2, 0) is 9.47 Å². The van der Waals surface area contributed by atoms with Gasteiger partial charge in [0.05, 0.1) is 38.7 Å². The molecule has 0 spiro atoms. The van der Waals surface area contributed by atoms with Gasteiger partial charge in [0.1, 0.15) is 11.5 Å². The molecule has 0 aliphatic heterocycles. The summed E-state index contributed by atoms with van der Waals surface area (Å²) in [6.07, 6.45) is 0. The first kappa shape index (κ1) is 16.6. The van der Waals surface area contributed by atoms with Crippen molar-refractivity contribution in [3.05, 3.63) is 18.2 Å². The summed E-state index contributed by atoms with van der Waals surface area (Å²) in [7, 11) is 1.66. The lowest BCUT2D eigenvalue weighted by molar-refractivity contribution is 0.0759. The van der Waals surface area contributed by atoms with Crippen molar-refractivity contribution in [1.82, 2.24) is 0 Å². The van der Waals surface area contributed by atoms with Gasteiger partial charge in [-0.1, -0.05) is 0 Å². The van der Waals surface area contributed by atoms with Gasteiger partial charge in [-0.15, -0.1) is 0 Å². The standard InChI is InChI=1S/C15H25NO4/c1-4-19-13-6-7-15(20-5-2)14(12-13)16-8-9-18-11-10-17-3/h6-7,12,16H,4-5,8-11H2,1-3H3. The van der Waals surface area contributed by atoms with E-state index in [1.54, 1.807) is 7.11 Å². The van der Waals surface area contributed by atoms with E-state index in [0.717, 1.165) is 17.2 Å². The molecule has 0 amide bonds. The van der Waals surface area contributed by atoms with Gasteiger partial charge in [-0.2, -0.15) is 0 Å². The Kier molecular flexibility index (Phi) is 8.58. The van der Waals surface area contributed by atoms with Crippen LogP contribution < -0.4 is 14.8 Å². The summed E-state index contributed by atoms with van der Waals surface area (Å²) in [5, 5.41) is 3.30. The molecule has 1 N–H and O–H groups in total. The fourth-order valence-electron chi connectivity index (χ4n) is 1.69. The Morgan fingerprint density at radius 3 is 2.50 bits per heavy atom. The Bertz CT molecular complexity index is 371. The number of ether oxygens (including phenoxy) is 4. The van der Waals surface area contributed by atoms with Gasteiger partial charge in [0, 0.05) is 19.7 Å². The van der Waals surface area contributed by atoms with Crippen LogP contribution in [-0.4, -0.2) is 46.7 Å². The van der Waals surface area contributed by atoms with Crippen LogP contribution in [0.3, 0.4) is 0 Å². The molecule has 0 atom stereocenters. The van der Waals surface area contributed by atoms with Crippen LogP contribution in [0.1, 0.15) is 13.8 Å². The molecule has 0 radical (unpaired) electrons. The van der Waals surface area contributed by atoms with Crippen molar-refractivity contribution in [2.45, 2.75) is 13.8 Å². The zero-order chi connectivity index (χ0) is 14.6. The van der Waals surface area contributed by atoms with Crippen LogP contribution in [0.5, 0.6) is 11.5 Å². The van der Waals surface area contributed by atoms with E-state index in [4.69, 9.17) is 18.9 Å². The first-order valence-electron chi connectivity index (χ1n) is 7.02. The Balaban J connectivity index is 2.49. The van der Waals surface area contributed by atoms with Crippen molar-refractivity contribution >= 4 is 5.69 Å². The van der Waals surface area contributed by atoms with Gasteiger partial charge in [0.15, 0.2) is 0 Å². The van der Waals surface area contributed by atoms with Crippen molar-refractivity contribution in [3.63, 3.8) is 0 Å². The second kappa shape index (κ2) is 10.3. The van der Waals surface area contributed by atoms with Gasteiger partial charge >= 0.3 is 0 Å². The number of hydrogen-bond acceptors (Lipinski definition) is 5. The normalized spacial score (nSPS) is 10.3. The monoisotopic (exact) mass is 283 g/mol. The molecule has 1 aromatic carbocycles. The Hall–Kier alpha value is -1.46. The molecule has 20 heavy (non-hydrogen) atoms. The number of benzene rings is 1. The van der Waals surface area contributed by atoms with E-state index in [2.05, 4.69) is 5.32 Å². The van der Waals surface area contributed by atoms with Gasteiger partial charge in [0.25, 0.3) is 0 Å². The molecule has 0 aliphatic rings. The van der Waals surface area contributed by atoms with E-state index in [-0.39, 0.29) is 0 Å². The molecular weight excluding hydrogens is 258 g/mol. The van der Waals surface area contributed by atoms with E-state index < -0.39 is 0 Å². The highest BCUT2D eigenvalue weighted by Crippen LogP contribution is 2.29. The highest BCUT2D eigenvalue weighted by molar-refractivity contribution is 5.59. The third kappa shape index (κ3) is 6.12. The average molecular weight is 283 g/mol. The maximum absolute atomic E-state index is 5.59. The molecule has 1 aromatic rings. The van der Waals surface area contributed by atoms with Crippen molar-refractivity contribution in [2.75, 3.05) is 52.0 Å². The van der Waals surface area contributed by atoms with Gasteiger partial charge < -0.3 is 24.3 Å². The molecule has 0 heterocycles. The average Bonchev–Trinajstić information content (AvgIpc) is 2.45. The molecule has 0 saturated carbocycles. The van der Waals surface area contributed by atoms with E-state index >= 15 is 0 Å². The topological polar surface area (TPSA) is 49.0 Å². The van der Waals surface area contributed by atoms with Crippen molar-refractivity contribution in [3.8, 4) is 11.5 Å². The second-order valence-electron chi connectivity index (χ2n) is 4.06. The maximum atomic E-state index is 5.59. The molecule has 1 rings (SSSR count). The van der Waals surface area contributed by atoms with Crippen LogP contribution in [0.4, 0.5) is 5.69 Å². The van der Waals surface area contributed by atoms with Crippen LogP contribution in [0.2, 0.25) is 0 Å². The van der Waals surface area contributed by atoms with Crippen LogP contribution >= 0.6 is 0 Å². The first-order valence-corrected chi connectivity index (χ1v) is 7.02. The Morgan fingerprint density at radius 1 is 1.00 bits per heavy atom. The molecule has 0 aliphatic carbocycles. The van der Waals surface area contributed by atoms with Crippen LogP contribution in [0.25, 0.3) is 0 Å². The Morgan fingerprint density at radius 2 is 1.80 bits per heavy atom. The number of hydrogen-bond donors (Lipinski definition) is 1. The minimum atomic E-state index is 0.607.